The first-order valence-corrected chi connectivity index (χ1v) is 23.8. The van der Waals surface area contributed by atoms with E-state index in [1.54, 1.807) is 0 Å². The average Bonchev–Trinajstić information content (AvgIpc) is 3.99. The van der Waals surface area contributed by atoms with Gasteiger partial charge in [0.05, 0.1) is 27.4 Å². The van der Waals surface area contributed by atoms with Gasteiger partial charge in [-0.1, -0.05) is 170 Å². The van der Waals surface area contributed by atoms with Gasteiger partial charge in [0.2, 0.25) is 0 Å². The van der Waals surface area contributed by atoms with Crippen LogP contribution in [-0.2, 0) is 4.57 Å². The van der Waals surface area contributed by atoms with E-state index in [2.05, 4.69) is 220 Å². The third-order valence-corrected chi connectivity index (χ3v) is 16.5. The molecule has 1 aliphatic heterocycles. The van der Waals surface area contributed by atoms with Gasteiger partial charge in [-0.3, -0.25) is 0 Å². The molecule has 0 N–H and O–H groups in total. The van der Waals surface area contributed by atoms with Crippen molar-refractivity contribution in [3.63, 3.8) is 0 Å². The number of fused-ring (bicyclic) bond motifs is 10. The van der Waals surface area contributed by atoms with E-state index in [9.17, 15) is 0 Å². The molecule has 65 heavy (non-hydrogen) atoms. The normalized spacial score (nSPS) is 14.3. The highest BCUT2D eigenvalue weighted by atomic mass is 31.2. The Hall–Kier alpha value is -8.17. The summed E-state index contributed by atoms with van der Waals surface area (Å²) in [6, 6.07) is 85.8. The van der Waals surface area contributed by atoms with Crippen LogP contribution in [0.5, 0.6) is 0 Å². The van der Waals surface area contributed by atoms with Crippen LogP contribution in [0.3, 0.4) is 0 Å². The van der Waals surface area contributed by atoms with Gasteiger partial charge in [-0.2, -0.15) is 0 Å². The number of hydrogen-bond acceptors (Lipinski definition) is 2. The van der Waals surface area contributed by atoms with Crippen LogP contribution in [0, 0.1) is 0 Å². The van der Waals surface area contributed by atoms with Gasteiger partial charge in [0.1, 0.15) is 0 Å². The van der Waals surface area contributed by atoms with E-state index < -0.39 is 7.14 Å². The van der Waals surface area contributed by atoms with E-state index in [4.69, 9.17) is 0 Å². The molecule has 10 aromatic carbocycles. The zero-order valence-corrected chi connectivity index (χ0v) is 36.2. The van der Waals surface area contributed by atoms with Crippen LogP contribution >= 0.6 is 7.14 Å². The van der Waals surface area contributed by atoms with E-state index in [1.807, 2.05) is 36.4 Å². The summed E-state index contributed by atoms with van der Waals surface area (Å²) in [4.78, 5) is 2.34. The second-order valence-electron chi connectivity index (χ2n) is 16.8. The van der Waals surface area contributed by atoms with Crippen LogP contribution in [0.4, 0.5) is 17.1 Å². The third kappa shape index (κ3) is 5.68. The first-order chi connectivity index (χ1) is 32.1. The molecule has 12 aromatic rings. The summed E-state index contributed by atoms with van der Waals surface area (Å²) in [5.74, 6) is 0. The van der Waals surface area contributed by atoms with E-state index >= 15 is 4.57 Å². The maximum absolute atomic E-state index is 16.0. The molecule has 4 nitrogen and oxygen atoms in total. The number of hydrogen-bond donors (Lipinski definition) is 0. The minimum atomic E-state index is -3.23. The Balaban J connectivity index is 0.915. The maximum atomic E-state index is 16.0. The van der Waals surface area contributed by atoms with Crippen LogP contribution < -0.4 is 20.8 Å². The molecule has 0 amide bonds. The lowest BCUT2D eigenvalue weighted by Crippen LogP contribution is -2.22. The molecule has 0 bridgehead atoms. The standard InChI is InChI=1S/C60H40N3OP/c64-65(48-20-8-3-9-21-48)58-27-15-12-24-52(58)54-39-38-53-50-23-11-14-26-56(50)63(59(53)60(54)65)46-34-30-42(31-35-46)41-28-32-45(33-29-41)61(43-16-4-1-5-17-43)47-36-37-51-49-22-10-13-25-55(49)62(57(51)40-47)44-18-6-2-7-19-44/h1-40H. The number of para-hydroxylation sites is 4. The highest BCUT2D eigenvalue weighted by Crippen LogP contribution is 2.55. The van der Waals surface area contributed by atoms with Gasteiger partial charge in [-0.15, -0.1) is 0 Å². The van der Waals surface area contributed by atoms with Crippen LogP contribution in [0.15, 0.2) is 243 Å². The van der Waals surface area contributed by atoms with Crippen LogP contribution in [-0.4, -0.2) is 9.13 Å². The fourth-order valence-corrected chi connectivity index (χ4v) is 13.7. The van der Waals surface area contributed by atoms with Gasteiger partial charge in [-0.05, 0) is 95.1 Å². The Kier molecular flexibility index (Phi) is 8.46. The van der Waals surface area contributed by atoms with E-state index in [1.165, 1.54) is 16.3 Å². The van der Waals surface area contributed by atoms with Crippen molar-refractivity contribution in [3.8, 4) is 33.6 Å². The number of rotatable bonds is 7. The molecule has 1 aliphatic rings. The van der Waals surface area contributed by atoms with Gasteiger partial charge in [0.25, 0.3) is 0 Å². The number of nitrogens with zero attached hydrogens (tertiary/aromatic N) is 3. The van der Waals surface area contributed by atoms with Crippen LogP contribution in [0.2, 0.25) is 0 Å². The van der Waals surface area contributed by atoms with Gasteiger partial charge >= 0.3 is 0 Å². The molecule has 1 atom stereocenters. The summed E-state index contributed by atoms with van der Waals surface area (Å²) in [6.07, 6.45) is 0. The molecule has 0 saturated carbocycles. The average molecular weight is 850 g/mol. The van der Waals surface area contributed by atoms with Gasteiger partial charge < -0.3 is 18.6 Å². The Labute approximate surface area is 376 Å². The Morgan fingerprint density at radius 1 is 0.354 bits per heavy atom. The molecule has 13 rings (SSSR count). The van der Waals surface area contributed by atoms with Crippen LogP contribution in [0.1, 0.15) is 0 Å². The zero-order valence-electron chi connectivity index (χ0n) is 35.3. The highest BCUT2D eigenvalue weighted by molar-refractivity contribution is 7.86. The van der Waals surface area contributed by atoms with E-state index in [0.29, 0.717) is 0 Å². The lowest BCUT2D eigenvalue weighted by molar-refractivity contribution is 0.593. The molecule has 0 fully saturated rings. The summed E-state index contributed by atoms with van der Waals surface area (Å²) < 4.78 is 20.7. The number of anilines is 3. The van der Waals surface area contributed by atoms with Crippen molar-refractivity contribution in [2.75, 3.05) is 4.90 Å². The minimum absolute atomic E-state index is 0.857. The molecule has 5 heteroatoms. The van der Waals surface area contributed by atoms with E-state index in [-0.39, 0.29) is 0 Å². The molecule has 0 aliphatic carbocycles. The molecule has 3 heterocycles. The molecule has 306 valence electrons. The quantitative estimate of drug-likeness (QED) is 0.150. The Bertz CT molecular complexity index is 3840. The monoisotopic (exact) mass is 849 g/mol. The highest BCUT2D eigenvalue weighted by Gasteiger charge is 2.42. The van der Waals surface area contributed by atoms with E-state index in [0.717, 1.165) is 93.9 Å². The third-order valence-electron chi connectivity index (χ3n) is 13.3. The second-order valence-corrected chi connectivity index (χ2v) is 19.5. The maximum Gasteiger partial charge on any atom is 0.174 e. The minimum Gasteiger partial charge on any atom is -0.310 e. The second kappa shape index (κ2) is 14.7. The first kappa shape index (κ1) is 37.4. The molecule has 0 saturated heterocycles. The molecule has 0 radical (unpaired) electrons. The largest absolute Gasteiger partial charge is 0.310 e. The summed E-state index contributed by atoms with van der Waals surface area (Å²) in [7, 11) is -3.23. The SMILES string of the molecule is O=P1(c2ccccc2)c2ccccc2-c2ccc3c4ccccc4n(-c4ccc(-c5ccc(N(c6ccccc6)c6ccc7c8ccccc8n(-c8ccccc8)c7c6)cc5)cc4)c3c21. The van der Waals surface area contributed by atoms with Crippen molar-refractivity contribution in [1.29, 1.82) is 0 Å². The summed E-state index contributed by atoms with van der Waals surface area (Å²) in [5, 5.41) is 7.39. The van der Waals surface area contributed by atoms with Crippen molar-refractivity contribution in [2.45, 2.75) is 0 Å². The molecular formula is C60H40N3OP. The first-order valence-electron chi connectivity index (χ1n) is 22.1. The topological polar surface area (TPSA) is 30.2 Å². The molecule has 1 unspecified atom stereocenters. The lowest BCUT2D eigenvalue weighted by Gasteiger charge is -2.26. The number of aromatic nitrogens is 2. The van der Waals surface area contributed by atoms with Gasteiger partial charge in [-0.25, -0.2) is 0 Å². The lowest BCUT2D eigenvalue weighted by atomic mass is 10.0. The molecule has 0 spiro atoms. The summed E-state index contributed by atoms with van der Waals surface area (Å²) in [6.45, 7) is 0. The summed E-state index contributed by atoms with van der Waals surface area (Å²) >= 11 is 0. The smallest absolute Gasteiger partial charge is 0.174 e. The van der Waals surface area contributed by atoms with Crippen molar-refractivity contribution in [3.05, 3.63) is 243 Å². The van der Waals surface area contributed by atoms with Crippen molar-refractivity contribution >= 4 is 83.7 Å². The number of benzene rings is 10. The van der Waals surface area contributed by atoms with Gasteiger partial charge in [0, 0.05) is 60.6 Å². The van der Waals surface area contributed by atoms with Crippen molar-refractivity contribution < 1.29 is 4.57 Å². The molecule has 2 aromatic heterocycles. The van der Waals surface area contributed by atoms with Crippen molar-refractivity contribution in [1.82, 2.24) is 9.13 Å². The summed E-state index contributed by atoms with van der Waals surface area (Å²) in [5.41, 5.74) is 14.2. The Morgan fingerprint density at radius 3 is 1.58 bits per heavy atom. The fraction of sp³-hybridized carbons (Fsp3) is 0. The predicted octanol–water partition coefficient (Wildman–Crippen LogP) is 14.6. The predicted molar refractivity (Wildman–Crippen MR) is 274 cm³/mol. The van der Waals surface area contributed by atoms with Gasteiger partial charge in [0.15, 0.2) is 7.14 Å². The fourth-order valence-electron chi connectivity index (χ4n) is 10.4. The van der Waals surface area contributed by atoms with Crippen molar-refractivity contribution in [2.24, 2.45) is 0 Å². The van der Waals surface area contributed by atoms with Crippen LogP contribution in [0.25, 0.3) is 77.2 Å². The molecular weight excluding hydrogens is 810 g/mol. The zero-order chi connectivity index (χ0) is 43.1. The Morgan fingerprint density at radius 2 is 0.862 bits per heavy atom.